The van der Waals surface area contributed by atoms with Gasteiger partial charge in [0.05, 0.1) is 12.4 Å². The Kier molecular flexibility index (Phi) is 4.26. The van der Waals surface area contributed by atoms with E-state index >= 15 is 0 Å². The topological polar surface area (TPSA) is 88.5 Å². The maximum absolute atomic E-state index is 13.6. The molecule has 7 nitrogen and oxygen atoms in total. The molecule has 0 aliphatic heterocycles. The molecule has 1 fully saturated rings. The van der Waals surface area contributed by atoms with E-state index in [0.717, 1.165) is 36.1 Å². The average molecular weight is 390 g/mol. The normalized spacial score (nSPS) is 20.1. The van der Waals surface area contributed by atoms with Crippen LogP contribution in [0, 0.1) is 0 Å². The monoisotopic (exact) mass is 390 g/mol. The molecule has 1 unspecified atom stereocenters. The van der Waals surface area contributed by atoms with Gasteiger partial charge in [-0.1, -0.05) is 13.0 Å². The minimum Gasteiger partial charge on any atom is -0.360 e. The number of aromatic nitrogens is 5. The van der Waals surface area contributed by atoms with Crippen LogP contribution >= 0.6 is 0 Å². The predicted molar refractivity (Wildman–Crippen MR) is 114 cm³/mol. The predicted octanol–water partition coefficient (Wildman–Crippen LogP) is 4.32. The number of H-pyrrole nitrogens is 1. The van der Waals surface area contributed by atoms with Crippen LogP contribution in [0.3, 0.4) is 0 Å². The summed E-state index contributed by atoms with van der Waals surface area (Å²) in [5.41, 5.74) is 5.78. The Morgan fingerprint density at radius 2 is 2.10 bits per heavy atom. The molecule has 7 heteroatoms. The van der Waals surface area contributed by atoms with Gasteiger partial charge in [-0.3, -0.25) is 4.79 Å². The molecule has 150 valence electrons. The molecule has 0 amide bonds. The molecule has 29 heavy (non-hydrogen) atoms. The molecule has 2 aliphatic rings. The summed E-state index contributed by atoms with van der Waals surface area (Å²) in [6.45, 7) is 6.36. The van der Waals surface area contributed by atoms with E-state index in [2.05, 4.69) is 58.2 Å². The summed E-state index contributed by atoms with van der Waals surface area (Å²) in [4.78, 5) is 29.6. The molecule has 3 aromatic rings. The van der Waals surface area contributed by atoms with E-state index in [0.29, 0.717) is 22.9 Å². The van der Waals surface area contributed by atoms with Crippen molar-refractivity contribution in [2.75, 3.05) is 5.32 Å². The summed E-state index contributed by atoms with van der Waals surface area (Å²) in [5.74, 6) is 1.03. The number of imidazole rings is 1. The van der Waals surface area contributed by atoms with Gasteiger partial charge in [-0.25, -0.2) is 15.0 Å². The van der Waals surface area contributed by atoms with E-state index in [1.54, 1.807) is 6.33 Å². The van der Waals surface area contributed by atoms with Gasteiger partial charge in [-0.05, 0) is 62.7 Å². The minimum atomic E-state index is -0.0817. The summed E-state index contributed by atoms with van der Waals surface area (Å²) in [5, 5.41) is 3.48. The number of rotatable bonds is 4. The number of hydrogen-bond acceptors (Lipinski definition) is 5. The van der Waals surface area contributed by atoms with E-state index in [-0.39, 0.29) is 17.6 Å². The lowest BCUT2D eigenvalue weighted by atomic mass is 9.83. The molecule has 0 bridgehead atoms. The van der Waals surface area contributed by atoms with Crippen molar-refractivity contribution in [3.63, 3.8) is 0 Å². The maximum Gasteiger partial charge on any atom is 0.258 e. The van der Waals surface area contributed by atoms with Gasteiger partial charge in [0.25, 0.3) is 5.56 Å². The minimum absolute atomic E-state index is 0.0817. The van der Waals surface area contributed by atoms with Gasteiger partial charge in [0.2, 0.25) is 0 Å². The van der Waals surface area contributed by atoms with Gasteiger partial charge in [0.15, 0.2) is 11.5 Å². The highest BCUT2D eigenvalue weighted by atomic mass is 16.1. The third-order valence-corrected chi connectivity index (χ3v) is 6.46. The van der Waals surface area contributed by atoms with Crippen LogP contribution in [0.1, 0.15) is 81.3 Å². The molecule has 0 aromatic carbocycles. The van der Waals surface area contributed by atoms with E-state index in [1.165, 1.54) is 18.3 Å². The first kappa shape index (κ1) is 18.1. The van der Waals surface area contributed by atoms with Crippen molar-refractivity contribution >= 4 is 22.6 Å². The highest BCUT2D eigenvalue weighted by molar-refractivity contribution is 5.82. The molecule has 0 spiro atoms. The van der Waals surface area contributed by atoms with Crippen LogP contribution in [0.25, 0.3) is 16.7 Å². The molecular formula is C22H26N6O. The maximum atomic E-state index is 13.6. The first-order valence-corrected chi connectivity index (χ1v) is 10.4. The van der Waals surface area contributed by atoms with E-state index < -0.39 is 0 Å². The number of anilines is 1. The van der Waals surface area contributed by atoms with Gasteiger partial charge in [0, 0.05) is 17.3 Å². The summed E-state index contributed by atoms with van der Waals surface area (Å²) in [6.07, 6.45) is 9.64. The third-order valence-electron chi connectivity index (χ3n) is 6.46. The Hall–Kier alpha value is -2.96. The SMILES string of the molecule is CC1=CCC(C)c2cc([C@@H](C)Nc3ncnc4[nH]cnc34)n(C3CCC3)c(=O)c21. The number of allylic oxidation sites excluding steroid dienone is 2. The van der Waals surface area contributed by atoms with Gasteiger partial charge in [-0.15, -0.1) is 0 Å². The molecule has 2 aliphatic carbocycles. The van der Waals surface area contributed by atoms with Crippen LogP contribution in [-0.2, 0) is 0 Å². The smallest absolute Gasteiger partial charge is 0.258 e. The summed E-state index contributed by atoms with van der Waals surface area (Å²) >= 11 is 0. The zero-order valence-electron chi connectivity index (χ0n) is 17.1. The summed E-state index contributed by atoms with van der Waals surface area (Å²) in [7, 11) is 0. The van der Waals surface area contributed by atoms with Crippen molar-refractivity contribution in [2.45, 2.75) is 64.5 Å². The van der Waals surface area contributed by atoms with Gasteiger partial charge in [0.1, 0.15) is 11.8 Å². The number of nitrogens with zero attached hydrogens (tertiary/aromatic N) is 4. The number of pyridine rings is 1. The largest absolute Gasteiger partial charge is 0.360 e. The molecule has 0 saturated heterocycles. The molecule has 1 saturated carbocycles. The van der Waals surface area contributed by atoms with Gasteiger partial charge in [-0.2, -0.15) is 0 Å². The lowest BCUT2D eigenvalue weighted by Crippen LogP contribution is -2.36. The molecule has 2 atom stereocenters. The number of fused-ring (bicyclic) bond motifs is 2. The lowest BCUT2D eigenvalue weighted by Gasteiger charge is -2.34. The summed E-state index contributed by atoms with van der Waals surface area (Å²) < 4.78 is 2.04. The van der Waals surface area contributed by atoms with Gasteiger partial charge < -0.3 is 14.9 Å². The standard InChI is InChI=1S/C22H26N6O/c1-12-7-8-13(2)18-16(12)9-17(28(22(18)29)15-5-4-6-15)14(3)27-21-19-20(24-10-23-19)25-11-26-21/h8-12,14-15H,4-7H2,1-3H3,(H2,23,24,25,26,27)/t12?,14-/m1/s1. The Balaban J connectivity index is 1.63. The Morgan fingerprint density at radius 1 is 1.28 bits per heavy atom. The summed E-state index contributed by atoms with van der Waals surface area (Å²) in [6, 6.07) is 2.45. The van der Waals surface area contributed by atoms with Crippen molar-refractivity contribution in [1.82, 2.24) is 24.5 Å². The van der Waals surface area contributed by atoms with E-state index in [1.807, 2.05) is 4.57 Å². The fourth-order valence-corrected chi connectivity index (χ4v) is 4.53. The van der Waals surface area contributed by atoms with Crippen molar-refractivity contribution in [1.29, 1.82) is 0 Å². The van der Waals surface area contributed by atoms with Crippen LogP contribution in [0.2, 0.25) is 0 Å². The Bertz CT molecular complexity index is 1170. The number of aromatic amines is 1. The highest BCUT2D eigenvalue weighted by Crippen LogP contribution is 2.38. The number of hydrogen-bond donors (Lipinski definition) is 2. The van der Waals surface area contributed by atoms with Crippen molar-refractivity contribution in [3.05, 3.63) is 52.0 Å². The van der Waals surface area contributed by atoms with E-state index in [4.69, 9.17) is 0 Å². The zero-order chi connectivity index (χ0) is 20.1. The molecule has 0 radical (unpaired) electrons. The van der Waals surface area contributed by atoms with Crippen molar-refractivity contribution in [3.8, 4) is 0 Å². The molecule has 3 heterocycles. The van der Waals surface area contributed by atoms with Crippen LogP contribution in [-0.4, -0.2) is 24.5 Å². The van der Waals surface area contributed by atoms with Crippen molar-refractivity contribution in [2.24, 2.45) is 0 Å². The Morgan fingerprint density at radius 3 is 2.86 bits per heavy atom. The van der Waals surface area contributed by atoms with E-state index in [9.17, 15) is 4.79 Å². The van der Waals surface area contributed by atoms with Crippen LogP contribution in [0.4, 0.5) is 5.82 Å². The quantitative estimate of drug-likeness (QED) is 0.692. The second-order valence-electron chi connectivity index (χ2n) is 8.37. The highest BCUT2D eigenvalue weighted by Gasteiger charge is 2.30. The molecular weight excluding hydrogens is 364 g/mol. The second kappa shape index (κ2) is 6.83. The van der Waals surface area contributed by atoms with Crippen LogP contribution in [0.15, 0.2) is 29.6 Å². The molecule has 5 rings (SSSR count). The first-order valence-electron chi connectivity index (χ1n) is 10.4. The van der Waals surface area contributed by atoms with Crippen molar-refractivity contribution < 1.29 is 0 Å². The van der Waals surface area contributed by atoms with Crippen LogP contribution in [0.5, 0.6) is 0 Å². The Labute approximate surface area is 169 Å². The first-order chi connectivity index (χ1) is 14.0. The zero-order valence-corrected chi connectivity index (χ0v) is 17.1. The fraction of sp³-hybridized carbons (Fsp3) is 0.455. The molecule has 2 N–H and O–H groups in total. The third kappa shape index (κ3) is 2.87. The average Bonchev–Trinajstić information content (AvgIpc) is 3.14. The molecule has 3 aromatic heterocycles. The number of nitrogens with one attached hydrogen (secondary N) is 2. The van der Waals surface area contributed by atoms with Crippen LogP contribution < -0.4 is 10.9 Å². The lowest BCUT2D eigenvalue weighted by molar-refractivity contribution is 0.296. The van der Waals surface area contributed by atoms with Gasteiger partial charge >= 0.3 is 0 Å². The fourth-order valence-electron chi connectivity index (χ4n) is 4.53. The second-order valence-corrected chi connectivity index (χ2v) is 8.37.